The fourth-order valence-corrected chi connectivity index (χ4v) is 2.75. The minimum atomic E-state index is -2.82. The van der Waals surface area contributed by atoms with Gasteiger partial charge in [-0.25, -0.2) is 13.8 Å². The number of carbonyl (C=O) groups is 1. The quantitative estimate of drug-likeness (QED) is 0.891. The number of aryl methyl sites for hydroxylation is 1. The third kappa shape index (κ3) is 3.55. The molecule has 3 N–H and O–H groups in total. The zero-order valence-electron chi connectivity index (χ0n) is 11.4. The van der Waals surface area contributed by atoms with Gasteiger partial charge in [0.25, 0.3) is 12.3 Å². The maximum Gasteiger partial charge on any atom is 0.282 e. The summed E-state index contributed by atoms with van der Waals surface area (Å²) in [7, 11) is 0. The molecular formula is C14H15F2N3OS. The normalized spacial score (nSPS) is 10.9. The number of alkyl halides is 2. The number of hydrogen-bond donors (Lipinski definition) is 2. The molecule has 112 valence electrons. The number of amides is 1. The van der Waals surface area contributed by atoms with Gasteiger partial charge in [-0.05, 0) is 17.5 Å². The summed E-state index contributed by atoms with van der Waals surface area (Å²) < 4.78 is 25.6. The number of rotatable bonds is 5. The number of aromatic nitrogens is 1. The first-order valence-corrected chi connectivity index (χ1v) is 7.23. The van der Waals surface area contributed by atoms with E-state index in [4.69, 9.17) is 5.73 Å². The second-order valence-corrected chi connectivity index (χ2v) is 5.40. The van der Waals surface area contributed by atoms with E-state index in [9.17, 15) is 13.6 Å². The van der Waals surface area contributed by atoms with Gasteiger partial charge in [0, 0.05) is 6.54 Å². The first kappa shape index (κ1) is 15.4. The first-order valence-electron chi connectivity index (χ1n) is 6.42. The molecule has 0 saturated carbocycles. The van der Waals surface area contributed by atoms with Crippen LogP contribution in [0.4, 0.5) is 13.9 Å². The van der Waals surface area contributed by atoms with Gasteiger partial charge in [0.2, 0.25) is 0 Å². The minimum absolute atomic E-state index is 0.0376. The maximum atomic E-state index is 12.8. The molecule has 0 aliphatic carbocycles. The van der Waals surface area contributed by atoms with Crippen LogP contribution in [0.1, 0.15) is 39.8 Å². The number of hydrogen-bond acceptors (Lipinski definition) is 4. The Balaban J connectivity index is 2.12. The van der Waals surface area contributed by atoms with E-state index in [1.807, 2.05) is 31.2 Å². The topological polar surface area (TPSA) is 68.0 Å². The Morgan fingerprint density at radius 1 is 1.38 bits per heavy atom. The highest BCUT2D eigenvalue weighted by molar-refractivity contribution is 7.17. The zero-order valence-corrected chi connectivity index (χ0v) is 12.2. The summed E-state index contributed by atoms with van der Waals surface area (Å²) in [5, 5.41) is 2.60. The van der Waals surface area contributed by atoms with Crippen molar-refractivity contribution in [2.75, 3.05) is 5.73 Å². The SMILES string of the molecule is CCc1ccccc1CNC(=O)c1sc(N)nc1C(F)F. The number of nitrogens with one attached hydrogen (secondary N) is 1. The van der Waals surface area contributed by atoms with Gasteiger partial charge in [-0.3, -0.25) is 4.79 Å². The smallest absolute Gasteiger partial charge is 0.282 e. The Bertz CT molecular complexity index is 643. The molecule has 2 rings (SSSR count). The Kier molecular flexibility index (Phi) is 4.85. The fourth-order valence-electron chi connectivity index (χ4n) is 1.99. The molecule has 0 aliphatic rings. The molecule has 7 heteroatoms. The lowest BCUT2D eigenvalue weighted by molar-refractivity contribution is 0.0940. The maximum absolute atomic E-state index is 12.8. The summed E-state index contributed by atoms with van der Waals surface area (Å²) in [6, 6.07) is 7.66. The molecular weight excluding hydrogens is 296 g/mol. The largest absolute Gasteiger partial charge is 0.375 e. The van der Waals surface area contributed by atoms with Crippen LogP contribution < -0.4 is 11.1 Å². The van der Waals surface area contributed by atoms with E-state index in [2.05, 4.69) is 10.3 Å². The lowest BCUT2D eigenvalue weighted by atomic mass is 10.1. The molecule has 0 atom stereocenters. The average molecular weight is 311 g/mol. The molecule has 2 aromatic rings. The number of benzene rings is 1. The summed E-state index contributed by atoms with van der Waals surface area (Å²) in [6.07, 6.45) is -1.98. The highest BCUT2D eigenvalue weighted by atomic mass is 32.1. The monoisotopic (exact) mass is 311 g/mol. The second-order valence-electron chi connectivity index (χ2n) is 4.37. The molecule has 0 unspecified atom stereocenters. The summed E-state index contributed by atoms with van der Waals surface area (Å²) in [6.45, 7) is 2.29. The summed E-state index contributed by atoms with van der Waals surface area (Å²) >= 11 is 0.771. The number of nitrogen functional groups attached to an aromatic ring is 1. The van der Waals surface area contributed by atoms with Crippen molar-refractivity contribution < 1.29 is 13.6 Å². The number of carbonyl (C=O) groups excluding carboxylic acids is 1. The average Bonchev–Trinajstić information content (AvgIpc) is 2.87. The molecule has 0 bridgehead atoms. The molecule has 0 radical (unpaired) electrons. The summed E-state index contributed by atoms with van der Waals surface area (Å²) in [5.74, 6) is -0.578. The number of thiazole rings is 1. The van der Waals surface area contributed by atoms with Gasteiger partial charge >= 0.3 is 0 Å². The van der Waals surface area contributed by atoms with Gasteiger partial charge in [0.15, 0.2) is 5.13 Å². The molecule has 1 heterocycles. The molecule has 0 spiro atoms. The third-order valence-electron chi connectivity index (χ3n) is 3.02. The second kappa shape index (κ2) is 6.62. The van der Waals surface area contributed by atoms with E-state index < -0.39 is 18.0 Å². The molecule has 1 aromatic heterocycles. The van der Waals surface area contributed by atoms with Crippen LogP contribution in [0.3, 0.4) is 0 Å². The minimum Gasteiger partial charge on any atom is -0.375 e. The van der Waals surface area contributed by atoms with Crippen molar-refractivity contribution in [1.29, 1.82) is 0 Å². The van der Waals surface area contributed by atoms with Crippen molar-refractivity contribution >= 4 is 22.4 Å². The van der Waals surface area contributed by atoms with Crippen LogP contribution in [0.25, 0.3) is 0 Å². The van der Waals surface area contributed by atoms with E-state index in [0.717, 1.165) is 28.9 Å². The van der Waals surface area contributed by atoms with E-state index in [1.54, 1.807) is 0 Å². The summed E-state index contributed by atoms with van der Waals surface area (Å²) in [4.78, 5) is 15.4. The van der Waals surface area contributed by atoms with Gasteiger partial charge in [0.05, 0.1) is 0 Å². The zero-order chi connectivity index (χ0) is 15.4. The Labute approximate surface area is 125 Å². The molecule has 21 heavy (non-hydrogen) atoms. The van der Waals surface area contributed by atoms with Crippen LogP contribution in [0.15, 0.2) is 24.3 Å². The van der Waals surface area contributed by atoms with Gasteiger partial charge in [-0.2, -0.15) is 0 Å². The van der Waals surface area contributed by atoms with E-state index in [1.165, 1.54) is 0 Å². The highest BCUT2D eigenvalue weighted by Gasteiger charge is 2.23. The molecule has 0 aliphatic heterocycles. The van der Waals surface area contributed by atoms with E-state index >= 15 is 0 Å². The number of halogens is 2. The third-order valence-corrected chi connectivity index (χ3v) is 3.92. The van der Waals surface area contributed by atoms with Crippen LogP contribution in [0, 0.1) is 0 Å². The van der Waals surface area contributed by atoms with E-state index in [0.29, 0.717) is 0 Å². The van der Waals surface area contributed by atoms with Crippen molar-refractivity contribution in [3.8, 4) is 0 Å². The Morgan fingerprint density at radius 3 is 2.67 bits per heavy atom. The predicted octanol–water partition coefficient (Wildman–Crippen LogP) is 3.16. The van der Waals surface area contributed by atoms with Crippen molar-refractivity contribution in [2.24, 2.45) is 0 Å². The number of nitrogens with zero attached hydrogens (tertiary/aromatic N) is 1. The van der Waals surface area contributed by atoms with Gasteiger partial charge in [-0.1, -0.05) is 42.5 Å². The number of anilines is 1. The van der Waals surface area contributed by atoms with E-state index in [-0.39, 0.29) is 16.6 Å². The molecule has 0 saturated heterocycles. The fraction of sp³-hybridized carbons (Fsp3) is 0.286. The lowest BCUT2D eigenvalue weighted by Crippen LogP contribution is -2.23. The van der Waals surface area contributed by atoms with Crippen LogP contribution in [-0.4, -0.2) is 10.9 Å². The Morgan fingerprint density at radius 2 is 2.05 bits per heavy atom. The molecule has 1 amide bonds. The molecule has 0 fully saturated rings. The van der Waals surface area contributed by atoms with Gasteiger partial charge in [-0.15, -0.1) is 0 Å². The van der Waals surface area contributed by atoms with Crippen LogP contribution >= 0.6 is 11.3 Å². The van der Waals surface area contributed by atoms with Crippen LogP contribution in [0.2, 0.25) is 0 Å². The van der Waals surface area contributed by atoms with Crippen molar-refractivity contribution in [3.63, 3.8) is 0 Å². The summed E-state index contributed by atoms with van der Waals surface area (Å²) in [5.41, 5.74) is 6.91. The lowest BCUT2D eigenvalue weighted by Gasteiger charge is -2.09. The van der Waals surface area contributed by atoms with Gasteiger partial charge in [0.1, 0.15) is 10.6 Å². The molecule has 4 nitrogen and oxygen atoms in total. The van der Waals surface area contributed by atoms with Gasteiger partial charge < -0.3 is 11.1 Å². The predicted molar refractivity (Wildman–Crippen MR) is 78.5 cm³/mol. The highest BCUT2D eigenvalue weighted by Crippen LogP contribution is 2.28. The van der Waals surface area contributed by atoms with Crippen LogP contribution in [-0.2, 0) is 13.0 Å². The first-order chi connectivity index (χ1) is 10.0. The van der Waals surface area contributed by atoms with Crippen molar-refractivity contribution in [1.82, 2.24) is 10.3 Å². The van der Waals surface area contributed by atoms with Crippen LogP contribution in [0.5, 0.6) is 0 Å². The van der Waals surface area contributed by atoms with Crippen molar-refractivity contribution in [3.05, 3.63) is 46.0 Å². The standard InChI is InChI=1S/C14H15F2N3OS/c1-2-8-5-3-4-6-9(8)7-18-13(20)11-10(12(15)16)19-14(17)21-11/h3-6,12H,2,7H2,1H3,(H2,17,19)(H,18,20). The Hall–Kier alpha value is -2.02. The molecule has 1 aromatic carbocycles. The van der Waals surface area contributed by atoms with Crippen molar-refractivity contribution in [2.45, 2.75) is 26.3 Å². The number of nitrogens with two attached hydrogens (primary N) is 1.